The van der Waals surface area contributed by atoms with Crippen molar-refractivity contribution in [3.05, 3.63) is 52.3 Å². The average Bonchev–Trinajstić information content (AvgIpc) is 2.50. The van der Waals surface area contributed by atoms with E-state index in [-0.39, 0.29) is 34.3 Å². The highest BCUT2D eigenvalue weighted by atomic mass is 35.5. The van der Waals surface area contributed by atoms with Gasteiger partial charge in [0.25, 0.3) is 5.91 Å². The molecule has 1 atom stereocenters. The predicted molar refractivity (Wildman–Crippen MR) is 83.5 cm³/mol. The zero-order chi connectivity index (χ0) is 17.6. The largest absolute Gasteiger partial charge is 0.476 e. The summed E-state index contributed by atoms with van der Waals surface area (Å²) in [7, 11) is 0. The average molecular weight is 357 g/mol. The third kappa shape index (κ3) is 2.75. The van der Waals surface area contributed by atoms with Crippen molar-refractivity contribution in [2.24, 2.45) is 0 Å². The molecule has 0 aromatic heterocycles. The molecule has 126 valence electrons. The topological polar surface area (TPSA) is 55.6 Å². The van der Waals surface area contributed by atoms with E-state index >= 15 is 0 Å². The Labute approximate surface area is 140 Å². The first kappa shape index (κ1) is 16.4. The molecule has 4 nitrogen and oxygen atoms in total. The molecule has 1 heterocycles. The molecule has 0 radical (unpaired) electrons. The maximum atomic E-state index is 14.3. The van der Waals surface area contributed by atoms with Gasteiger partial charge < -0.3 is 15.4 Å². The van der Waals surface area contributed by atoms with Gasteiger partial charge in [-0.25, -0.2) is 13.2 Å². The second-order valence-corrected chi connectivity index (χ2v) is 5.80. The molecule has 0 saturated heterocycles. The molecule has 0 aliphatic carbocycles. The minimum Gasteiger partial charge on any atom is -0.476 e. The molecular formula is C16H12ClF3N2O2. The number of amides is 1. The Morgan fingerprint density at radius 1 is 1.21 bits per heavy atom. The Morgan fingerprint density at radius 2 is 1.83 bits per heavy atom. The zero-order valence-corrected chi connectivity index (χ0v) is 13.2. The number of carbonyl (C=O) groups is 1. The van der Waals surface area contributed by atoms with Crippen molar-refractivity contribution in [3.8, 4) is 5.75 Å². The highest BCUT2D eigenvalue weighted by molar-refractivity contribution is 6.33. The Hall–Kier alpha value is -2.41. The summed E-state index contributed by atoms with van der Waals surface area (Å²) in [6.45, 7) is 1.27. The number of nitrogen functional groups attached to an aromatic ring is 1. The van der Waals surface area contributed by atoms with Crippen LogP contribution in [-0.2, 0) is 11.3 Å². The van der Waals surface area contributed by atoms with Crippen molar-refractivity contribution in [3.63, 3.8) is 0 Å². The summed E-state index contributed by atoms with van der Waals surface area (Å²) in [6.07, 6.45) is -0.981. The van der Waals surface area contributed by atoms with Crippen molar-refractivity contribution in [1.82, 2.24) is 0 Å². The third-order valence-electron chi connectivity index (χ3n) is 3.65. The Balaban J connectivity index is 2.09. The fraction of sp³-hybridized carbons (Fsp3) is 0.188. The quantitative estimate of drug-likeness (QED) is 0.836. The molecule has 1 aliphatic rings. The predicted octanol–water partition coefficient (Wildman–Crippen LogP) is 3.65. The Morgan fingerprint density at radius 3 is 2.46 bits per heavy atom. The van der Waals surface area contributed by atoms with Gasteiger partial charge in [-0.3, -0.25) is 4.79 Å². The van der Waals surface area contributed by atoms with Crippen LogP contribution in [0.5, 0.6) is 5.75 Å². The van der Waals surface area contributed by atoms with Gasteiger partial charge in [-0.2, -0.15) is 0 Å². The minimum atomic E-state index is -0.981. The van der Waals surface area contributed by atoms with Crippen LogP contribution in [0.1, 0.15) is 12.5 Å². The van der Waals surface area contributed by atoms with Crippen LogP contribution in [0, 0.1) is 17.5 Å². The van der Waals surface area contributed by atoms with Crippen LogP contribution >= 0.6 is 11.6 Å². The summed E-state index contributed by atoms with van der Waals surface area (Å²) in [5.74, 6) is -3.15. The number of rotatable bonds is 2. The van der Waals surface area contributed by atoms with E-state index in [1.807, 2.05) is 0 Å². The molecule has 0 saturated carbocycles. The number of benzene rings is 2. The molecule has 1 amide bonds. The fourth-order valence-corrected chi connectivity index (χ4v) is 2.72. The number of anilines is 2. The van der Waals surface area contributed by atoms with E-state index in [0.29, 0.717) is 0 Å². The normalized spacial score (nSPS) is 16.8. The summed E-state index contributed by atoms with van der Waals surface area (Å²) in [5, 5.41) is -0.0902. The van der Waals surface area contributed by atoms with E-state index in [2.05, 4.69) is 0 Å². The fourth-order valence-electron chi connectivity index (χ4n) is 2.53. The van der Waals surface area contributed by atoms with Gasteiger partial charge in [-0.1, -0.05) is 11.6 Å². The summed E-state index contributed by atoms with van der Waals surface area (Å²) in [5.41, 5.74) is 5.49. The standard InChI is InChI=1S/C16H12ClF3N2O2/c1-7-16(23)22(6-8-2-9(18)4-10(19)3-8)12-5-11(17)14(21)13(20)15(12)24-7/h2-5,7H,6,21H2,1H3. The van der Waals surface area contributed by atoms with Crippen LogP contribution in [0.4, 0.5) is 24.5 Å². The lowest BCUT2D eigenvalue weighted by Crippen LogP contribution is -2.44. The number of hydrogen-bond acceptors (Lipinski definition) is 3. The molecule has 2 N–H and O–H groups in total. The van der Waals surface area contributed by atoms with Crippen LogP contribution in [0.3, 0.4) is 0 Å². The molecule has 2 aromatic rings. The van der Waals surface area contributed by atoms with Crippen molar-refractivity contribution in [1.29, 1.82) is 0 Å². The van der Waals surface area contributed by atoms with Gasteiger partial charge in [-0.15, -0.1) is 0 Å². The van der Waals surface area contributed by atoms with Gasteiger partial charge >= 0.3 is 0 Å². The van der Waals surface area contributed by atoms with Gasteiger partial charge in [0, 0.05) is 6.07 Å². The SMILES string of the molecule is CC1Oc2c(cc(Cl)c(N)c2F)N(Cc2cc(F)cc(F)c2)C1=O. The van der Waals surface area contributed by atoms with E-state index in [0.717, 1.165) is 23.1 Å². The van der Waals surface area contributed by atoms with Gasteiger partial charge in [0.2, 0.25) is 0 Å². The van der Waals surface area contributed by atoms with Crippen molar-refractivity contribution < 1.29 is 22.7 Å². The lowest BCUT2D eigenvalue weighted by atomic mass is 10.1. The first-order valence-electron chi connectivity index (χ1n) is 6.98. The number of carbonyl (C=O) groups excluding carboxylic acids is 1. The molecule has 1 unspecified atom stereocenters. The van der Waals surface area contributed by atoms with E-state index < -0.39 is 29.5 Å². The zero-order valence-electron chi connectivity index (χ0n) is 12.4. The van der Waals surface area contributed by atoms with Gasteiger partial charge in [0.05, 0.1) is 22.9 Å². The van der Waals surface area contributed by atoms with Crippen LogP contribution in [0.25, 0.3) is 0 Å². The molecule has 0 bridgehead atoms. The molecule has 24 heavy (non-hydrogen) atoms. The lowest BCUT2D eigenvalue weighted by Gasteiger charge is -2.33. The van der Waals surface area contributed by atoms with Crippen LogP contribution in [-0.4, -0.2) is 12.0 Å². The smallest absolute Gasteiger partial charge is 0.268 e. The van der Waals surface area contributed by atoms with Gasteiger partial charge in [0.1, 0.15) is 11.6 Å². The van der Waals surface area contributed by atoms with E-state index in [9.17, 15) is 18.0 Å². The van der Waals surface area contributed by atoms with Crippen LogP contribution in [0.2, 0.25) is 5.02 Å². The summed E-state index contributed by atoms with van der Waals surface area (Å²) in [4.78, 5) is 13.5. The first-order valence-corrected chi connectivity index (χ1v) is 7.36. The number of hydrogen-bond donors (Lipinski definition) is 1. The molecule has 8 heteroatoms. The molecule has 0 fully saturated rings. The Bertz CT molecular complexity index is 824. The lowest BCUT2D eigenvalue weighted by molar-refractivity contribution is -0.125. The van der Waals surface area contributed by atoms with Crippen LogP contribution < -0.4 is 15.4 Å². The Kier molecular flexibility index (Phi) is 4.04. The highest BCUT2D eigenvalue weighted by Gasteiger charge is 2.35. The number of halogens is 4. The number of ether oxygens (including phenoxy) is 1. The first-order chi connectivity index (χ1) is 11.3. The molecule has 0 spiro atoms. The summed E-state index contributed by atoms with van der Waals surface area (Å²) < 4.78 is 46.3. The van der Waals surface area contributed by atoms with E-state index in [4.69, 9.17) is 22.1 Å². The number of fused-ring (bicyclic) bond motifs is 1. The van der Waals surface area contributed by atoms with Crippen LogP contribution in [0.15, 0.2) is 24.3 Å². The van der Waals surface area contributed by atoms with E-state index in [1.54, 1.807) is 0 Å². The number of nitrogens with zero attached hydrogens (tertiary/aromatic N) is 1. The number of nitrogens with two attached hydrogens (primary N) is 1. The second kappa shape index (κ2) is 5.90. The summed E-state index contributed by atoms with van der Waals surface area (Å²) >= 11 is 5.88. The molecule has 2 aromatic carbocycles. The monoisotopic (exact) mass is 356 g/mol. The van der Waals surface area contributed by atoms with E-state index in [1.165, 1.54) is 13.0 Å². The maximum Gasteiger partial charge on any atom is 0.268 e. The van der Waals surface area contributed by atoms with Crippen molar-refractivity contribution in [2.75, 3.05) is 10.6 Å². The molecule has 1 aliphatic heterocycles. The summed E-state index contributed by atoms with van der Waals surface area (Å²) in [6, 6.07) is 4.18. The van der Waals surface area contributed by atoms with Crippen molar-refractivity contribution in [2.45, 2.75) is 19.6 Å². The highest BCUT2D eigenvalue weighted by Crippen LogP contribution is 2.42. The maximum absolute atomic E-state index is 14.3. The van der Waals surface area contributed by atoms with Gasteiger partial charge in [-0.05, 0) is 30.7 Å². The van der Waals surface area contributed by atoms with Crippen molar-refractivity contribution >= 4 is 28.9 Å². The second-order valence-electron chi connectivity index (χ2n) is 5.40. The minimum absolute atomic E-state index is 0.0551. The molecular weight excluding hydrogens is 345 g/mol. The third-order valence-corrected chi connectivity index (χ3v) is 3.96. The van der Waals surface area contributed by atoms with Gasteiger partial charge in [0.15, 0.2) is 17.7 Å². The molecule has 3 rings (SSSR count).